The number of fused-ring (bicyclic) bond motifs is 1. The normalized spacial score (nSPS) is 11.8. The lowest BCUT2D eigenvalue weighted by Crippen LogP contribution is -2.04. The van der Waals surface area contributed by atoms with Crippen molar-refractivity contribution in [1.29, 1.82) is 0 Å². The summed E-state index contributed by atoms with van der Waals surface area (Å²) in [5, 5.41) is 0.825. The van der Waals surface area contributed by atoms with Gasteiger partial charge in [-0.15, -0.1) is 0 Å². The zero-order valence-corrected chi connectivity index (χ0v) is 15.9. The summed E-state index contributed by atoms with van der Waals surface area (Å²) in [6.45, 7) is 0.214. The number of rotatable bonds is 4. The van der Waals surface area contributed by atoms with Crippen molar-refractivity contribution >= 4 is 22.5 Å². The molecule has 0 N–H and O–H groups in total. The molecule has 9 heteroatoms. The molecule has 2 aromatic heterocycles. The van der Waals surface area contributed by atoms with Crippen molar-refractivity contribution in [2.75, 3.05) is 0 Å². The second-order valence-electron chi connectivity index (χ2n) is 6.36. The van der Waals surface area contributed by atoms with Crippen LogP contribution in [0.5, 0.6) is 5.88 Å². The predicted octanol–water partition coefficient (Wildman–Crippen LogP) is 5.28. The molecule has 0 fully saturated rings. The highest BCUT2D eigenvalue weighted by Crippen LogP contribution is 2.31. The Morgan fingerprint density at radius 2 is 1.72 bits per heavy atom. The van der Waals surface area contributed by atoms with Gasteiger partial charge in [-0.3, -0.25) is 0 Å². The first kappa shape index (κ1) is 19.2. The number of aryl methyl sites for hydroxylation is 1. The molecule has 0 aliphatic rings. The maximum absolute atomic E-state index is 12.8. The summed E-state index contributed by atoms with van der Waals surface area (Å²) in [6, 6.07) is 14.3. The zero-order chi connectivity index (χ0) is 20.6. The number of nitrogens with zero attached hydrogens (tertiary/aromatic N) is 4. The van der Waals surface area contributed by atoms with Gasteiger partial charge in [0.25, 0.3) is 0 Å². The van der Waals surface area contributed by atoms with Gasteiger partial charge in [0.15, 0.2) is 5.69 Å². The molecule has 0 saturated carbocycles. The predicted molar refractivity (Wildman–Crippen MR) is 103 cm³/mol. The van der Waals surface area contributed by atoms with Gasteiger partial charge >= 0.3 is 6.18 Å². The molecule has 0 unspecified atom stereocenters. The van der Waals surface area contributed by atoms with E-state index < -0.39 is 11.9 Å². The highest BCUT2D eigenvalue weighted by molar-refractivity contribution is 6.28. The summed E-state index contributed by atoms with van der Waals surface area (Å²) in [4.78, 5) is 12.0. The summed E-state index contributed by atoms with van der Waals surface area (Å²) in [5.74, 6) is 0.599. The first-order valence-electron chi connectivity index (χ1n) is 8.56. The van der Waals surface area contributed by atoms with Gasteiger partial charge in [-0.1, -0.05) is 36.4 Å². The number of hydrogen-bond donors (Lipinski definition) is 0. The average Bonchev–Trinajstić information content (AvgIpc) is 3.08. The number of hydrogen-bond acceptors (Lipinski definition) is 4. The number of para-hydroxylation sites is 1. The number of alkyl halides is 3. The van der Waals surface area contributed by atoms with Crippen LogP contribution < -0.4 is 4.74 Å². The van der Waals surface area contributed by atoms with Crippen LogP contribution in [-0.2, 0) is 19.8 Å². The summed E-state index contributed by atoms with van der Waals surface area (Å²) in [5.41, 5.74) is 1.14. The number of ether oxygens (including phenoxy) is 1. The van der Waals surface area contributed by atoms with Crippen molar-refractivity contribution in [1.82, 2.24) is 19.5 Å². The van der Waals surface area contributed by atoms with Crippen LogP contribution in [0, 0.1) is 0 Å². The Morgan fingerprint density at radius 3 is 2.41 bits per heavy atom. The second kappa shape index (κ2) is 7.36. The maximum atomic E-state index is 12.8. The molecule has 2 aromatic carbocycles. The summed E-state index contributed by atoms with van der Waals surface area (Å²) < 4.78 is 45.7. The molecule has 2 heterocycles. The molecule has 0 spiro atoms. The molecule has 0 amide bonds. The van der Waals surface area contributed by atoms with Crippen LogP contribution in [0.15, 0.2) is 54.7 Å². The standard InChI is InChI=1S/C20H14ClF3N4O/c1-28-10-16(20(22,23)24)26-17(28)13-8-6-12(7-9-13)11-29-18-14-4-2-3-5-15(14)25-19(21)27-18/h2-10H,11H2,1H3. The highest BCUT2D eigenvalue weighted by atomic mass is 35.5. The Labute approximate surface area is 168 Å². The van der Waals surface area contributed by atoms with Crippen LogP contribution in [0.2, 0.25) is 5.28 Å². The van der Waals surface area contributed by atoms with E-state index in [-0.39, 0.29) is 17.7 Å². The Morgan fingerprint density at radius 1 is 1.00 bits per heavy atom. The fourth-order valence-corrected chi connectivity index (χ4v) is 3.07. The monoisotopic (exact) mass is 418 g/mol. The minimum absolute atomic E-state index is 0.0873. The third-order valence-corrected chi connectivity index (χ3v) is 4.46. The van der Waals surface area contributed by atoms with E-state index in [9.17, 15) is 13.2 Å². The lowest BCUT2D eigenvalue weighted by molar-refractivity contribution is -0.140. The first-order valence-corrected chi connectivity index (χ1v) is 8.94. The summed E-state index contributed by atoms with van der Waals surface area (Å²) in [6.07, 6.45) is -3.51. The van der Waals surface area contributed by atoms with E-state index in [0.717, 1.165) is 17.1 Å². The molecule has 0 bridgehead atoms. The number of halogens is 4. The summed E-state index contributed by atoms with van der Waals surface area (Å²) in [7, 11) is 1.53. The highest BCUT2D eigenvalue weighted by Gasteiger charge is 2.34. The van der Waals surface area contributed by atoms with Gasteiger partial charge in [0.2, 0.25) is 11.2 Å². The Bertz CT molecular complexity index is 1170. The quantitative estimate of drug-likeness (QED) is 0.423. The fraction of sp³-hybridized carbons (Fsp3) is 0.150. The van der Waals surface area contributed by atoms with Gasteiger partial charge in [-0.25, -0.2) is 9.97 Å². The largest absolute Gasteiger partial charge is 0.472 e. The summed E-state index contributed by atoms with van der Waals surface area (Å²) >= 11 is 5.95. The Kier molecular flexibility index (Phi) is 4.87. The van der Waals surface area contributed by atoms with Crippen molar-refractivity contribution in [3.63, 3.8) is 0 Å². The third-order valence-electron chi connectivity index (χ3n) is 4.30. The van der Waals surface area contributed by atoms with E-state index in [2.05, 4.69) is 15.0 Å². The van der Waals surface area contributed by atoms with Gasteiger partial charge in [0.05, 0.1) is 10.9 Å². The SMILES string of the molecule is Cn1cc(C(F)(F)F)nc1-c1ccc(COc2nc(Cl)nc3ccccc23)cc1. The zero-order valence-electron chi connectivity index (χ0n) is 15.1. The molecule has 148 valence electrons. The smallest absolute Gasteiger partial charge is 0.434 e. The van der Waals surface area contributed by atoms with Crippen LogP contribution in [-0.4, -0.2) is 19.5 Å². The van der Waals surface area contributed by atoms with Crippen LogP contribution in [0.3, 0.4) is 0 Å². The van der Waals surface area contributed by atoms with Crippen LogP contribution in [0.1, 0.15) is 11.3 Å². The van der Waals surface area contributed by atoms with Crippen LogP contribution in [0.25, 0.3) is 22.3 Å². The number of benzene rings is 2. The van der Waals surface area contributed by atoms with Crippen molar-refractivity contribution in [2.45, 2.75) is 12.8 Å². The van der Waals surface area contributed by atoms with E-state index in [1.807, 2.05) is 24.3 Å². The van der Waals surface area contributed by atoms with Gasteiger partial charge < -0.3 is 9.30 Å². The molecule has 0 atom stereocenters. The molecule has 4 rings (SSSR count). The second-order valence-corrected chi connectivity index (χ2v) is 6.70. The van der Waals surface area contributed by atoms with Crippen molar-refractivity contribution in [2.24, 2.45) is 7.05 Å². The van der Waals surface area contributed by atoms with E-state index >= 15 is 0 Å². The van der Waals surface area contributed by atoms with E-state index in [1.54, 1.807) is 24.3 Å². The fourth-order valence-electron chi connectivity index (χ4n) is 2.90. The van der Waals surface area contributed by atoms with Gasteiger partial charge in [-0.2, -0.15) is 18.2 Å². The Balaban J connectivity index is 1.54. The van der Waals surface area contributed by atoms with Crippen LogP contribution in [0.4, 0.5) is 13.2 Å². The van der Waals surface area contributed by atoms with Crippen molar-refractivity contribution in [3.05, 3.63) is 71.3 Å². The minimum Gasteiger partial charge on any atom is -0.472 e. The molecular formula is C20H14ClF3N4O. The first-order chi connectivity index (χ1) is 13.8. The topological polar surface area (TPSA) is 52.8 Å². The molecule has 0 aliphatic carbocycles. The molecule has 29 heavy (non-hydrogen) atoms. The minimum atomic E-state index is -4.48. The number of aromatic nitrogens is 4. The van der Waals surface area contributed by atoms with E-state index in [0.29, 0.717) is 17.0 Å². The van der Waals surface area contributed by atoms with Gasteiger partial charge in [0.1, 0.15) is 12.4 Å². The Hall–Kier alpha value is -3.13. The lowest BCUT2D eigenvalue weighted by Gasteiger charge is -2.09. The molecular weight excluding hydrogens is 405 g/mol. The lowest BCUT2D eigenvalue weighted by atomic mass is 10.1. The molecule has 5 nitrogen and oxygen atoms in total. The molecule has 0 radical (unpaired) electrons. The average molecular weight is 419 g/mol. The number of imidazole rings is 1. The molecule has 0 aliphatic heterocycles. The van der Waals surface area contributed by atoms with Crippen molar-refractivity contribution < 1.29 is 17.9 Å². The maximum Gasteiger partial charge on any atom is 0.434 e. The van der Waals surface area contributed by atoms with E-state index in [1.165, 1.54) is 11.6 Å². The molecule has 4 aromatic rings. The van der Waals surface area contributed by atoms with Gasteiger partial charge in [0, 0.05) is 18.8 Å². The third kappa shape index (κ3) is 4.02. The molecule has 0 saturated heterocycles. The van der Waals surface area contributed by atoms with Crippen LogP contribution >= 0.6 is 11.6 Å². The van der Waals surface area contributed by atoms with Crippen molar-refractivity contribution in [3.8, 4) is 17.3 Å². The van der Waals surface area contributed by atoms with E-state index in [4.69, 9.17) is 16.3 Å². The van der Waals surface area contributed by atoms with Gasteiger partial charge in [-0.05, 0) is 29.3 Å².